The van der Waals surface area contributed by atoms with Crippen molar-refractivity contribution in [3.8, 4) is 0 Å². The molecule has 1 heterocycles. The lowest BCUT2D eigenvalue weighted by Crippen LogP contribution is -2.43. The Labute approximate surface area is 122 Å². The molecule has 8 heteroatoms. The van der Waals surface area contributed by atoms with E-state index in [0.29, 0.717) is 15.9 Å². The predicted octanol–water partition coefficient (Wildman–Crippen LogP) is 2.00. The number of rotatable bonds is 4. The van der Waals surface area contributed by atoms with Gasteiger partial charge in [-0.15, -0.1) is 0 Å². The number of nitrogens with two attached hydrogens (primary N) is 1. The van der Waals surface area contributed by atoms with Crippen molar-refractivity contribution >= 4 is 40.7 Å². The standard InChI is InChI=1S/C11H17Cl2N5O/c1-11(2,3)17-8(19)5-15-9-6(12)4-7(13)10(16-9)18-14/h4H,5,14H2,1-3H3,(H,17,19)(H2,15,16,18). The maximum Gasteiger partial charge on any atom is 0.239 e. The number of hydrazine groups is 1. The van der Waals surface area contributed by atoms with E-state index in [2.05, 4.69) is 21.0 Å². The molecule has 0 aliphatic carbocycles. The van der Waals surface area contributed by atoms with E-state index in [-0.39, 0.29) is 23.8 Å². The molecule has 0 unspecified atom stereocenters. The Bertz CT molecular complexity index is 473. The number of amides is 1. The highest BCUT2D eigenvalue weighted by atomic mass is 35.5. The first-order chi connectivity index (χ1) is 8.73. The number of carbonyl (C=O) groups excluding carboxylic acids is 1. The molecule has 0 fully saturated rings. The maximum atomic E-state index is 11.7. The third-order valence-corrected chi connectivity index (χ3v) is 2.57. The van der Waals surface area contributed by atoms with Crippen molar-refractivity contribution < 1.29 is 4.79 Å². The fourth-order valence-electron chi connectivity index (χ4n) is 1.32. The van der Waals surface area contributed by atoms with Crippen LogP contribution in [0.4, 0.5) is 11.6 Å². The molecule has 0 aliphatic rings. The zero-order valence-electron chi connectivity index (χ0n) is 11.0. The van der Waals surface area contributed by atoms with Crippen molar-refractivity contribution in [1.82, 2.24) is 10.3 Å². The first-order valence-electron chi connectivity index (χ1n) is 5.60. The molecule has 0 saturated carbocycles. The molecule has 1 aromatic heterocycles. The lowest BCUT2D eigenvalue weighted by molar-refractivity contribution is -0.120. The van der Waals surface area contributed by atoms with Crippen LogP contribution in [0.15, 0.2) is 6.07 Å². The lowest BCUT2D eigenvalue weighted by atomic mass is 10.1. The average Bonchev–Trinajstić information content (AvgIpc) is 2.25. The van der Waals surface area contributed by atoms with Crippen LogP contribution >= 0.6 is 23.2 Å². The minimum atomic E-state index is -0.292. The number of anilines is 2. The second-order valence-corrected chi connectivity index (χ2v) is 5.76. The summed E-state index contributed by atoms with van der Waals surface area (Å²) in [6.07, 6.45) is 0. The zero-order chi connectivity index (χ0) is 14.6. The van der Waals surface area contributed by atoms with Crippen LogP contribution in [-0.4, -0.2) is 23.0 Å². The van der Waals surface area contributed by atoms with Crippen molar-refractivity contribution in [2.75, 3.05) is 17.3 Å². The molecule has 0 spiro atoms. The molecule has 0 radical (unpaired) electrons. The SMILES string of the molecule is CC(C)(C)NC(=O)CNc1nc(NN)c(Cl)cc1Cl. The Morgan fingerprint density at radius 3 is 2.42 bits per heavy atom. The highest BCUT2D eigenvalue weighted by molar-refractivity contribution is 6.37. The summed E-state index contributed by atoms with van der Waals surface area (Å²) in [5, 5.41) is 6.25. The van der Waals surface area contributed by atoms with Gasteiger partial charge in [0.25, 0.3) is 0 Å². The number of hydrogen-bond acceptors (Lipinski definition) is 5. The van der Waals surface area contributed by atoms with Crippen LogP contribution in [0.2, 0.25) is 10.0 Å². The summed E-state index contributed by atoms with van der Waals surface area (Å²) < 4.78 is 0. The van der Waals surface area contributed by atoms with Gasteiger partial charge in [-0.05, 0) is 26.8 Å². The smallest absolute Gasteiger partial charge is 0.239 e. The third-order valence-electron chi connectivity index (χ3n) is 2.00. The number of nitrogen functional groups attached to an aromatic ring is 1. The van der Waals surface area contributed by atoms with E-state index in [1.807, 2.05) is 20.8 Å². The lowest BCUT2D eigenvalue weighted by Gasteiger charge is -2.20. The van der Waals surface area contributed by atoms with Gasteiger partial charge in [-0.1, -0.05) is 23.2 Å². The topological polar surface area (TPSA) is 92.1 Å². The number of nitrogens with one attached hydrogen (secondary N) is 3. The van der Waals surface area contributed by atoms with E-state index >= 15 is 0 Å². The first kappa shape index (κ1) is 15.8. The fourth-order valence-corrected chi connectivity index (χ4v) is 1.80. The van der Waals surface area contributed by atoms with Gasteiger partial charge >= 0.3 is 0 Å². The number of nitrogens with zero attached hydrogens (tertiary/aromatic N) is 1. The van der Waals surface area contributed by atoms with Gasteiger partial charge < -0.3 is 16.1 Å². The Kier molecular flexibility index (Phi) is 5.22. The summed E-state index contributed by atoms with van der Waals surface area (Å²) in [6.45, 7) is 5.74. The van der Waals surface area contributed by atoms with Crippen molar-refractivity contribution in [2.45, 2.75) is 26.3 Å². The van der Waals surface area contributed by atoms with Crippen LogP contribution in [0.3, 0.4) is 0 Å². The van der Waals surface area contributed by atoms with Crippen LogP contribution < -0.4 is 21.9 Å². The Morgan fingerprint density at radius 2 is 1.89 bits per heavy atom. The molecule has 5 N–H and O–H groups in total. The van der Waals surface area contributed by atoms with E-state index in [4.69, 9.17) is 29.0 Å². The summed E-state index contributed by atoms with van der Waals surface area (Å²) in [4.78, 5) is 15.7. The van der Waals surface area contributed by atoms with Gasteiger partial charge in [0.05, 0.1) is 16.6 Å². The quantitative estimate of drug-likeness (QED) is 0.504. The second-order valence-electron chi connectivity index (χ2n) is 4.95. The molecule has 19 heavy (non-hydrogen) atoms. The van der Waals surface area contributed by atoms with Crippen molar-refractivity contribution in [3.63, 3.8) is 0 Å². The monoisotopic (exact) mass is 305 g/mol. The highest BCUT2D eigenvalue weighted by Crippen LogP contribution is 2.28. The molecular formula is C11H17Cl2N5O. The molecule has 0 saturated heterocycles. The van der Waals surface area contributed by atoms with Gasteiger partial charge in [-0.2, -0.15) is 0 Å². The molecule has 106 valence electrons. The van der Waals surface area contributed by atoms with Crippen LogP contribution in [0.5, 0.6) is 0 Å². The third kappa shape index (κ3) is 5.10. The number of aromatic nitrogens is 1. The molecule has 1 aromatic rings. The Morgan fingerprint density at radius 1 is 1.32 bits per heavy atom. The largest absolute Gasteiger partial charge is 0.360 e. The van der Waals surface area contributed by atoms with Gasteiger partial charge in [0, 0.05) is 5.54 Å². The summed E-state index contributed by atoms with van der Waals surface area (Å²) in [6, 6.07) is 1.50. The number of pyridine rings is 1. The van der Waals surface area contributed by atoms with Crippen LogP contribution in [0.25, 0.3) is 0 Å². The van der Waals surface area contributed by atoms with Crippen molar-refractivity contribution in [3.05, 3.63) is 16.1 Å². The number of carbonyl (C=O) groups is 1. The van der Waals surface area contributed by atoms with Crippen LogP contribution in [-0.2, 0) is 4.79 Å². The summed E-state index contributed by atoms with van der Waals surface area (Å²) in [5.41, 5.74) is 2.05. The van der Waals surface area contributed by atoms with E-state index in [1.165, 1.54) is 6.07 Å². The van der Waals surface area contributed by atoms with Gasteiger partial charge in [0.1, 0.15) is 5.82 Å². The Hall–Kier alpha value is -1.24. The van der Waals surface area contributed by atoms with E-state index in [9.17, 15) is 4.79 Å². The van der Waals surface area contributed by atoms with E-state index in [1.54, 1.807) is 0 Å². The first-order valence-corrected chi connectivity index (χ1v) is 6.36. The summed E-state index contributed by atoms with van der Waals surface area (Å²) >= 11 is 11.8. The van der Waals surface area contributed by atoms with Crippen LogP contribution in [0, 0.1) is 0 Å². The molecule has 0 aliphatic heterocycles. The molecule has 0 bridgehead atoms. The molecule has 1 rings (SSSR count). The van der Waals surface area contributed by atoms with Gasteiger partial charge in [0.15, 0.2) is 5.82 Å². The van der Waals surface area contributed by atoms with Crippen molar-refractivity contribution in [1.29, 1.82) is 0 Å². The molecule has 6 nitrogen and oxygen atoms in total. The van der Waals surface area contributed by atoms with E-state index in [0.717, 1.165) is 0 Å². The molecule has 1 amide bonds. The average molecular weight is 306 g/mol. The highest BCUT2D eigenvalue weighted by Gasteiger charge is 2.14. The van der Waals surface area contributed by atoms with Gasteiger partial charge in [0.2, 0.25) is 5.91 Å². The predicted molar refractivity (Wildman–Crippen MR) is 78.5 cm³/mol. The number of hydrogen-bond donors (Lipinski definition) is 4. The minimum Gasteiger partial charge on any atom is -0.360 e. The second kappa shape index (κ2) is 6.27. The fraction of sp³-hybridized carbons (Fsp3) is 0.455. The van der Waals surface area contributed by atoms with Crippen molar-refractivity contribution in [2.24, 2.45) is 5.84 Å². The molecular weight excluding hydrogens is 289 g/mol. The summed E-state index contributed by atoms with van der Waals surface area (Å²) in [7, 11) is 0. The Balaban J connectivity index is 2.70. The zero-order valence-corrected chi connectivity index (χ0v) is 12.5. The van der Waals surface area contributed by atoms with Crippen LogP contribution in [0.1, 0.15) is 20.8 Å². The van der Waals surface area contributed by atoms with E-state index < -0.39 is 0 Å². The normalized spacial score (nSPS) is 11.1. The maximum absolute atomic E-state index is 11.7. The van der Waals surface area contributed by atoms with Gasteiger partial charge in [-0.25, -0.2) is 10.8 Å². The van der Waals surface area contributed by atoms with Gasteiger partial charge in [-0.3, -0.25) is 4.79 Å². The molecule has 0 aromatic carbocycles. The molecule has 0 atom stereocenters. The number of halogens is 2. The minimum absolute atomic E-state index is 0.0512. The summed E-state index contributed by atoms with van der Waals surface area (Å²) in [5.74, 6) is 5.72.